The van der Waals surface area contributed by atoms with E-state index in [4.69, 9.17) is 9.83 Å². The molecule has 1 aromatic rings. The molecule has 17 heavy (non-hydrogen) atoms. The lowest BCUT2D eigenvalue weighted by Crippen LogP contribution is -2.45. The highest BCUT2D eigenvalue weighted by Crippen LogP contribution is 2.05. The van der Waals surface area contributed by atoms with Crippen LogP contribution in [-0.4, -0.2) is 38.0 Å². The summed E-state index contributed by atoms with van der Waals surface area (Å²) in [5, 5.41) is 13.6. The summed E-state index contributed by atoms with van der Waals surface area (Å²) in [6, 6.07) is 1.96. The van der Waals surface area contributed by atoms with Crippen molar-refractivity contribution in [3.05, 3.63) is 23.7 Å². The van der Waals surface area contributed by atoms with Crippen LogP contribution in [0.3, 0.4) is 0 Å². The normalized spacial score (nSPS) is 11.2. The van der Waals surface area contributed by atoms with E-state index in [1.54, 1.807) is 32.3 Å². The molecular weight excluding hydrogens is 218 g/mol. The van der Waals surface area contributed by atoms with Gasteiger partial charge in [0, 0.05) is 33.3 Å². The lowest BCUT2D eigenvalue weighted by Gasteiger charge is -2.17. The number of hydrogen-bond donors (Lipinski definition) is 3. The van der Waals surface area contributed by atoms with Gasteiger partial charge in [-0.3, -0.25) is 15.7 Å². The van der Waals surface area contributed by atoms with Gasteiger partial charge in [0.05, 0.1) is 6.26 Å². The zero-order valence-corrected chi connectivity index (χ0v) is 10.7. The fraction of sp³-hybridized carbons (Fsp3) is 0.455. The molecule has 0 aromatic carbocycles. The van der Waals surface area contributed by atoms with Crippen molar-refractivity contribution in [2.24, 2.45) is 4.99 Å². The molecule has 0 aliphatic heterocycles. The average molecular weight is 237 g/mol. The summed E-state index contributed by atoms with van der Waals surface area (Å²) in [4.78, 5) is 5.69. The molecule has 1 aromatic heterocycles. The van der Waals surface area contributed by atoms with Crippen molar-refractivity contribution in [1.82, 2.24) is 15.5 Å². The van der Waals surface area contributed by atoms with E-state index in [9.17, 15) is 0 Å². The SMILES string of the molecule is C/N=C(/NCc1coc(C)c1)NC(=N)N(C)C. The molecule has 0 saturated heterocycles. The lowest BCUT2D eigenvalue weighted by molar-refractivity contribution is 0.531. The molecule has 0 radical (unpaired) electrons. The van der Waals surface area contributed by atoms with Crippen LogP contribution >= 0.6 is 0 Å². The Morgan fingerprint density at radius 1 is 1.53 bits per heavy atom. The first kappa shape index (κ1) is 13.1. The van der Waals surface area contributed by atoms with Crippen molar-refractivity contribution in [2.75, 3.05) is 21.1 Å². The summed E-state index contributed by atoms with van der Waals surface area (Å²) < 4.78 is 5.20. The van der Waals surface area contributed by atoms with Crippen LogP contribution < -0.4 is 10.6 Å². The number of guanidine groups is 2. The highest BCUT2D eigenvalue weighted by molar-refractivity contribution is 5.96. The van der Waals surface area contributed by atoms with Gasteiger partial charge in [0.1, 0.15) is 5.76 Å². The second kappa shape index (κ2) is 5.93. The summed E-state index contributed by atoms with van der Waals surface area (Å²) in [5.74, 6) is 1.72. The standard InChI is InChI=1S/C11H19N5O/c1-8-5-9(7-17-8)6-14-11(13-2)15-10(12)16(3)4/h5,7H,6H2,1-4H3,(H3,12,13,14,15). The van der Waals surface area contributed by atoms with Crippen molar-refractivity contribution in [3.8, 4) is 0 Å². The molecule has 3 N–H and O–H groups in total. The number of aryl methyl sites for hydroxylation is 1. The third kappa shape index (κ3) is 4.18. The Morgan fingerprint density at radius 3 is 2.71 bits per heavy atom. The Balaban J connectivity index is 2.46. The molecule has 0 atom stereocenters. The van der Waals surface area contributed by atoms with E-state index in [0.717, 1.165) is 11.3 Å². The largest absolute Gasteiger partial charge is 0.469 e. The fourth-order valence-electron chi connectivity index (χ4n) is 1.18. The molecule has 1 heterocycles. The van der Waals surface area contributed by atoms with Gasteiger partial charge < -0.3 is 14.6 Å². The lowest BCUT2D eigenvalue weighted by atomic mass is 10.3. The van der Waals surface area contributed by atoms with E-state index in [1.165, 1.54) is 0 Å². The first-order valence-electron chi connectivity index (χ1n) is 5.30. The summed E-state index contributed by atoms with van der Waals surface area (Å²) in [5.41, 5.74) is 1.04. The first-order valence-corrected chi connectivity index (χ1v) is 5.30. The van der Waals surface area contributed by atoms with Crippen LogP contribution in [-0.2, 0) is 6.54 Å². The molecule has 0 saturated carbocycles. The van der Waals surface area contributed by atoms with Gasteiger partial charge in [-0.05, 0) is 13.0 Å². The van der Waals surface area contributed by atoms with Crippen molar-refractivity contribution in [3.63, 3.8) is 0 Å². The molecule has 0 spiro atoms. The van der Waals surface area contributed by atoms with Gasteiger partial charge in [-0.15, -0.1) is 0 Å². The third-order valence-corrected chi connectivity index (χ3v) is 2.15. The maximum atomic E-state index is 7.64. The minimum absolute atomic E-state index is 0.279. The molecule has 0 amide bonds. The van der Waals surface area contributed by atoms with E-state index in [2.05, 4.69) is 15.6 Å². The van der Waals surface area contributed by atoms with Crippen molar-refractivity contribution in [1.29, 1.82) is 5.41 Å². The average Bonchev–Trinajstić information content (AvgIpc) is 2.69. The maximum absolute atomic E-state index is 7.64. The van der Waals surface area contributed by atoms with Gasteiger partial charge in [0.25, 0.3) is 0 Å². The minimum Gasteiger partial charge on any atom is -0.469 e. The van der Waals surface area contributed by atoms with E-state index < -0.39 is 0 Å². The maximum Gasteiger partial charge on any atom is 0.198 e. The van der Waals surface area contributed by atoms with Crippen LogP contribution in [0.2, 0.25) is 0 Å². The van der Waals surface area contributed by atoms with E-state index in [-0.39, 0.29) is 5.96 Å². The molecule has 6 nitrogen and oxygen atoms in total. The number of hydrogen-bond acceptors (Lipinski definition) is 3. The van der Waals surface area contributed by atoms with Gasteiger partial charge in [-0.1, -0.05) is 0 Å². The fourth-order valence-corrected chi connectivity index (χ4v) is 1.18. The van der Waals surface area contributed by atoms with Gasteiger partial charge >= 0.3 is 0 Å². The Hall–Kier alpha value is -1.98. The predicted molar refractivity (Wildman–Crippen MR) is 68.2 cm³/mol. The molecule has 0 fully saturated rings. The molecule has 0 aliphatic carbocycles. The summed E-state index contributed by atoms with van der Waals surface area (Å²) in [6.07, 6.45) is 1.70. The Labute approximate surface area is 101 Å². The zero-order chi connectivity index (χ0) is 12.8. The molecule has 94 valence electrons. The Morgan fingerprint density at radius 2 is 2.24 bits per heavy atom. The summed E-state index contributed by atoms with van der Waals surface area (Å²) in [7, 11) is 5.25. The number of furan rings is 1. The number of aliphatic imine (C=N–C) groups is 1. The zero-order valence-electron chi connectivity index (χ0n) is 10.7. The smallest absolute Gasteiger partial charge is 0.198 e. The van der Waals surface area contributed by atoms with Crippen molar-refractivity contribution in [2.45, 2.75) is 13.5 Å². The van der Waals surface area contributed by atoms with Gasteiger partial charge in [0.15, 0.2) is 11.9 Å². The monoisotopic (exact) mass is 237 g/mol. The van der Waals surface area contributed by atoms with Crippen molar-refractivity contribution >= 4 is 11.9 Å². The van der Waals surface area contributed by atoms with E-state index in [0.29, 0.717) is 12.5 Å². The minimum atomic E-state index is 0.279. The molecule has 6 heteroatoms. The van der Waals surface area contributed by atoms with E-state index >= 15 is 0 Å². The van der Waals surface area contributed by atoms with Crippen LogP contribution in [0.25, 0.3) is 0 Å². The molecule has 1 rings (SSSR count). The van der Waals surface area contributed by atoms with Crippen LogP contribution in [0.4, 0.5) is 0 Å². The Bertz CT molecular complexity index is 408. The van der Waals surface area contributed by atoms with Crippen LogP contribution in [0.15, 0.2) is 21.7 Å². The molecule has 0 aliphatic rings. The summed E-state index contributed by atoms with van der Waals surface area (Å²) >= 11 is 0. The molecular formula is C11H19N5O. The molecule has 0 bridgehead atoms. The van der Waals surface area contributed by atoms with Gasteiger partial charge in [-0.25, -0.2) is 0 Å². The quantitative estimate of drug-likeness (QED) is 0.524. The second-order valence-electron chi connectivity index (χ2n) is 3.86. The van der Waals surface area contributed by atoms with Gasteiger partial charge in [-0.2, -0.15) is 0 Å². The summed E-state index contributed by atoms with van der Waals surface area (Å²) in [6.45, 7) is 2.51. The highest BCUT2D eigenvalue weighted by Gasteiger charge is 2.04. The highest BCUT2D eigenvalue weighted by atomic mass is 16.3. The van der Waals surface area contributed by atoms with E-state index in [1.807, 2.05) is 13.0 Å². The van der Waals surface area contributed by atoms with Crippen LogP contribution in [0.1, 0.15) is 11.3 Å². The molecule has 0 unspecified atom stereocenters. The third-order valence-electron chi connectivity index (χ3n) is 2.15. The number of rotatable bonds is 2. The number of nitrogens with zero attached hydrogens (tertiary/aromatic N) is 2. The Kier molecular flexibility index (Phi) is 4.56. The van der Waals surface area contributed by atoms with Crippen LogP contribution in [0, 0.1) is 12.3 Å². The van der Waals surface area contributed by atoms with Crippen LogP contribution in [0.5, 0.6) is 0 Å². The number of nitrogens with one attached hydrogen (secondary N) is 3. The second-order valence-corrected chi connectivity index (χ2v) is 3.86. The van der Waals surface area contributed by atoms with Crippen molar-refractivity contribution < 1.29 is 4.42 Å². The first-order chi connectivity index (χ1) is 8.02. The predicted octanol–water partition coefficient (Wildman–Crippen LogP) is 0.749. The van der Waals surface area contributed by atoms with Gasteiger partial charge in [0.2, 0.25) is 0 Å². The topological polar surface area (TPSA) is 76.6 Å².